The fourth-order valence-corrected chi connectivity index (χ4v) is 1.64. The van der Waals surface area contributed by atoms with Gasteiger partial charge >= 0.3 is 0 Å². The van der Waals surface area contributed by atoms with Crippen molar-refractivity contribution < 1.29 is 4.42 Å². The monoisotopic (exact) mass is 230 g/mol. The topological polar surface area (TPSA) is 58.0 Å². The predicted molar refractivity (Wildman–Crippen MR) is 61.8 cm³/mol. The first-order chi connectivity index (χ1) is 8.19. The van der Waals surface area contributed by atoms with Crippen LogP contribution in [0.3, 0.4) is 0 Å². The van der Waals surface area contributed by atoms with Gasteiger partial charge in [-0.15, -0.1) is 0 Å². The number of nitrogens with zero attached hydrogens (tertiary/aromatic N) is 4. The third kappa shape index (κ3) is 2.74. The molecule has 0 bridgehead atoms. The van der Waals surface area contributed by atoms with Gasteiger partial charge in [0.1, 0.15) is 17.7 Å². The molecule has 0 aliphatic heterocycles. The van der Waals surface area contributed by atoms with E-state index in [0.29, 0.717) is 12.3 Å². The van der Waals surface area contributed by atoms with E-state index in [1.54, 1.807) is 12.3 Å². The van der Waals surface area contributed by atoms with Crippen molar-refractivity contribution in [3.8, 4) is 6.07 Å². The summed E-state index contributed by atoms with van der Waals surface area (Å²) in [5.41, 5.74) is 0. The zero-order valence-corrected chi connectivity index (χ0v) is 9.92. The van der Waals surface area contributed by atoms with E-state index in [0.717, 1.165) is 18.1 Å². The van der Waals surface area contributed by atoms with Crippen LogP contribution < -0.4 is 0 Å². The normalized spacial score (nSPS) is 10.7. The average molecular weight is 230 g/mol. The Hall–Kier alpha value is -2.06. The van der Waals surface area contributed by atoms with Crippen LogP contribution in [0.25, 0.3) is 0 Å². The highest BCUT2D eigenvalue weighted by molar-refractivity contribution is 5.18. The Morgan fingerprint density at radius 2 is 2.29 bits per heavy atom. The van der Waals surface area contributed by atoms with Gasteiger partial charge in [0.25, 0.3) is 0 Å². The third-order valence-corrected chi connectivity index (χ3v) is 2.53. The first-order valence-corrected chi connectivity index (χ1v) is 5.32. The van der Waals surface area contributed by atoms with Crippen LogP contribution in [0.1, 0.15) is 17.3 Å². The Labute approximate surface area is 99.9 Å². The lowest BCUT2D eigenvalue weighted by Gasteiger charge is -2.14. The van der Waals surface area contributed by atoms with Crippen molar-refractivity contribution in [2.75, 3.05) is 7.05 Å². The molecular weight excluding hydrogens is 216 g/mol. The number of aryl methyl sites for hydroxylation is 1. The van der Waals surface area contributed by atoms with Crippen LogP contribution in [0.15, 0.2) is 28.9 Å². The number of hydrogen-bond acceptors (Lipinski definition) is 4. The van der Waals surface area contributed by atoms with Crippen molar-refractivity contribution >= 4 is 0 Å². The standard InChI is InChI=1S/C12H14N4O/c1-15(9-12-14-5-6-16(12)2)8-11-4-3-10(7-13)17-11/h3-6H,8-9H2,1-2H3. The summed E-state index contributed by atoms with van der Waals surface area (Å²) in [5.74, 6) is 2.14. The van der Waals surface area contributed by atoms with Gasteiger partial charge in [0.15, 0.2) is 0 Å². The summed E-state index contributed by atoms with van der Waals surface area (Å²) in [6, 6.07) is 5.48. The summed E-state index contributed by atoms with van der Waals surface area (Å²) in [6.45, 7) is 1.40. The van der Waals surface area contributed by atoms with Crippen LogP contribution >= 0.6 is 0 Å². The molecule has 0 spiro atoms. The van der Waals surface area contributed by atoms with Gasteiger partial charge in [0.05, 0.1) is 13.1 Å². The number of aromatic nitrogens is 2. The largest absolute Gasteiger partial charge is 0.449 e. The van der Waals surface area contributed by atoms with E-state index in [1.165, 1.54) is 0 Å². The molecule has 0 saturated heterocycles. The van der Waals surface area contributed by atoms with Gasteiger partial charge in [-0.05, 0) is 19.2 Å². The molecule has 0 radical (unpaired) electrons. The summed E-state index contributed by atoms with van der Waals surface area (Å²) < 4.78 is 7.31. The molecule has 5 heteroatoms. The average Bonchev–Trinajstić information content (AvgIpc) is 2.89. The van der Waals surface area contributed by atoms with Crippen LogP contribution in [0.4, 0.5) is 0 Å². The molecule has 0 N–H and O–H groups in total. The van der Waals surface area contributed by atoms with Gasteiger partial charge in [0.2, 0.25) is 5.76 Å². The van der Waals surface area contributed by atoms with Crippen LogP contribution in [0.2, 0.25) is 0 Å². The van der Waals surface area contributed by atoms with E-state index in [-0.39, 0.29) is 0 Å². The van der Waals surface area contributed by atoms with Gasteiger partial charge in [0, 0.05) is 19.4 Å². The molecule has 2 heterocycles. The molecule has 0 unspecified atom stereocenters. The minimum Gasteiger partial charge on any atom is -0.449 e. The molecule has 0 fully saturated rings. The van der Waals surface area contributed by atoms with E-state index in [1.807, 2.05) is 37.0 Å². The van der Waals surface area contributed by atoms with E-state index in [4.69, 9.17) is 9.68 Å². The molecule has 88 valence electrons. The molecule has 0 amide bonds. The number of furan rings is 1. The van der Waals surface area contributed by atoms with Crippen LogP contribution in [0.5, 0.6) is 0 Å². The van der Waals surface area contributed by atoms with Crippen LogP contribution in [-0.2, 0) is 20.1 Å². The van der Waals surface area contributed by atoms with E-state index >= 15 is 0 Å². The number of hydrogen-bond donors (Lipinski definition) is 0. The predicted octanol–water partition coefficient (Wildman–Crippen LogP) is 1.52. The van der Waals surface area contributed by atoms with Gasteiger partial charge in [-0.1, -0.05) is 0 Å². The molecule has 2 aromatic heterocycles. The van der Waals surface area contributed by atoms with E-state index in [2.05, 4.69) is 9.88 Å². The first kappa shape index (κ1) is 11.4. The van der Waals surface area contributed by atoms with Crippen molar-refractivity contribution in [3.63, 3.8) is 0 Å². The lowest BCUT2D eigenvalue weighted by molar-refractivity contribution is 0.278. The smallest absolute Gasteiger partial charge is 0.203 e. The molecule has 0 aliphatic carbocycles. The van der Waals surface area contributed by atoms with Crippen molar-refractivity contribution in [2.24, 2.45) is 7.05 Å². The van der Waals surface area contributed by atoms with E-state index in [9.17, 15) is 0 Å². The Balaban J connectivity index is 1.96. The van der Waals surface area contributed by atoms with Crippen molar-refractivity contribution in [1.82, 2.24) is 14.5 Å². The zero-order chi connectivity index (χ0) is 12.3. The quantitative estimate of drug-likeness (QED) is 0.799. The fourth-order valence-electron chi connectivity index (χ4n) is 1.64. The fraction of sp³-hybridized carbons (Fsp3) is 0.333. The highest BCUT2D eigenvalue weighted by Crippen LogP contribution is 2.10. The summed E-state index contributed by atoms with van der Waals surface area (Å²) >= 11 is 0. The molecular formula is C12H14N4O. The zero-order valence-electron chi connectivity index (χ0n) is 9.92. The number of nitriles is 1. The van der Waals surface area contributed by atoms with Gasteiger partial charge in [-0.25, -0.2) is 4.98 Å². The Bertz CT molecular complexity index is 535. The lowest BCUT2D eigenvalue weighted by atomic mass is 10.4. The molecule has 2 rings (SSSR count). The molecule has 5 nitrogen and oxygen atoms in total. The minimum absolute atomic E-state index is 0.352. The van der Waals surface area contributed by atoms with Crippen molar-refractivity contribution in [2.45, 2.75) is 13.1 Å². The summed E-state index contributed by atoms with van der Waals surface area (Å²) in [7, 11) is 3.96. The van der Waals surface area contributed by atoms with Crippen molar-refractivity contribution in [3.05, 3.63) is 41.9 Å². The minimum atomic E-state index is 0.352. The summed E-state index contributed by atoms with van der Waals surface area (Å²) in [6.07, 6.45) is 3.70. The molecule has 0 aliphatic rings. The highest BCUT2D eigenvalue weighted by Gasteiger charge is 2.08. The third-order valence-electron chi connectivity index (χ3n) is 2.53. The van der Waals surface area contributed by atoms with Crippen LogP contribution in [-0.4, -0.2) is 21.5 Å². The maximum Gasteiger partial charge on any atom is 0.203 e. The lowest BCUT2D eigenvalue weighted by Crippen LogP contribution is -2.19. The van der Waals surface area contributed by atoms with Crippen molar-refractivity contribution in [1.29, 1.82) is 5.26 Å². The highest BCUT2D eigenvalue weighted by atomic mass is 16.3. The molecule has 0 saturated carbocycles. The second-order valence-corrected chi connectivity index (χ2v) is 4.00. The van der Waals surface area contributed by atoms with Gasteiger partial charge in [-0.3, -0.25) is 4.90 Å². The molecule has 0 atom stereocenters. The SMILES string of the molecule is CN(Cc1ccc(C#N)o1)Cc1nccn1C. The van der Waals surface area contributed by atoms with Gasteiger partial charge in [-0.2, -0.15) is 5.26 Å². The second kappa shape index (κ2) is 4.85. The van der Waals surface area contributed by atoms with Crippen LogP contribution in [0, 0.1) is 11.3 Å². The molecule has 0 aromatic carbocycles. The maximum atomic E-state index is 8.66. The van der Waals surface area contributed by atoms with E-state index < -0.39 is 0 Å². The number of imidazole rings is 1. The van der Waals surface area contributed by atoms with Gasteiger partial charge < -0.3 is 8.98 Å². The summed E-state index contributed by atoms with van der Waals surface area (Å²) in [5, 5.41) is 8.66. The number of rotatable bonds is 4. The Morgan fingerprint density at radius 3 is 2.88 bits per heavy atom. The molecule has 2 aromatic rings. The summed E-state index contributed by atoms with van der Waals surface area (Å²) in [4.78, 5) is 6.34. The molecule has 17 heavy (non-hydrogen) atoms. The second-order valence-electron chi connectivity index (χ2n) is 4.00. The first-order valence-electron chi connectivity index (χ1n) is 5.32. The Morgan fingerprint density at radius 1 is 1.47 bits per heavy atom. The maximum absolute atomic E-state index is 8.66. The Kier molecular flexibility index (Phi) is 3.26.